The lowest BCUT2D eigenvalue weighted by atomic mass is 9.90. The minimum atomic E-state index is -0.251. The van der Waals surface area contributed by atoms with Gasteiger partial charge in [-0.05, 0) is 25.0 Å². The van der Waals surface area contributed by atoms with Crippen LogP contribution in [0.3, 0.4) is 0 Å². The molecule has 0 radical (unpaired) electrons. The van der Waals surface area contributed by atoms with E-state index in [1.807, 2.05) is 25.1 Å². The van der Waals surface area contributed by atoms with E-state index in [0.29, 0.717) is 0 Å². The summed E-state index contributed by atoms with van der Waals surface area (Å²) in [6, 6.07) is 5.83. The minimum absolute atomic E-state index is 0.0730. The molecule has 0 saturated heterocycles. The van der Waals surface area contributed by atoms with E-state index in [1.165, 1.54) is 0 Å². The van der Waals surface area contributed by atoms with Gasteiger partial charge in [-0.15, -0.1) is 0 Å². The minimum Gasteiger partial charge on any atom is -0.463 e. The molecule has 18 heavy (non-hydrogen) atoms. The van der Waals surface area contributed by atoms with Gasteiger partial charge < -0.3 is 9.84 Å². The smallest absolute Gasteiger partial charge is 0.308 e. The second-order valence-electron chi connectivity index (χ2n) is 4.39. The van der Waals surface area contributed by atoms with Crippen molar-refractivity contribution in [2.45, 2.75) is 32.6 Å². The van der Waals surface area contributed by atoms with Crippen LogP contribution in [0.25, 0.3) is 0 Å². The molecule has 4 heteroatoms. The number of carbonyl (C=O) groups is 1. The topological polar surface area (TPSA) is 59.4 Å². The summed E-state index contributed by atoms with van der Waals surface area (Å²) in [5, 5.41) is 8.62. The van der Waals surface area contributed by atoms with E-state index in [9.17, 15) is 4.79 Å². The van der Waals surface area contributed by atoms with Gasteiger partial charge in [0.1, 0.15) is 6.61 Å². The molecule has 0 bridgehead atoms. The largest absolute Gasteiger partial charge is 0.463 e. The number of aliphatic hydroxyl groups excluding tert-OH is 1. The molecule has 2 atom stereocenters. The Morgan fingerprint density at radius 2 is 2.28 bits per heavy atom. The summed E-state index contributed by atoms with van der Waals surface area (Å²) in [4.78, 5) is 16.0. The number of aliphatic hydroxyl groups is 1. The van der Waals surface area contributed by atoms with Crippen LogP contribution < -0.4 is 0 Å². The van der Waals surface area contributed by atoms with E-state index >= 15 is 0 Å². The molecular weight excluding hydrogens is 230 g/mol. The molecule has 0 aliphatic heterocycles. The van der Waals surface area contributed by atoms with E-state index in [1.54, 1.807) is 6.20 Å². The quantitative estimate of drug-likeness (QED) is 0.754. The van der Waals surface area contributed by atoms with Crippen LogP contribution in [0.4, 0.5) is 0 Å². The van der Waals surface area contributed by atoms with Crippen molar-refractivity contribution >= 4 is 5.97 Å². The molecule has 0 amide bonds. The van der Waals surface area contributed by atoms with Crippen LogP contribution in [0.1, 0.15) is 38.3 Å². The fourth-order valence-corrected chi connectivity index (χ4v) is 1.93. The number of hydrogen-bond acceptors (Lipinski definition) is 4. The van der Waals surface area contributed by atoms with Crippen molar-refractivity contribution in [2.24, 2.45) is 5.92 Å². The maximum atomic E-state index is 11.6. The van der Waals surface area contributed by atoms with Crippen molar-refractivity contribution in [3.8, 4) is 0 Å². The number of nitrogens with zero attached hydrogens (tertiary/aromatic N) is 1. The number of aromatic nitrogens is 1. The molecule has 0 spiro atoms. The first-order valence-electron chi connectivity index (χ1n) is 6.37. The summed E-state index contributed by atoms with van der Waals surface area (Å²) in [6.07, 6.45) is 3.43. The first kappa shape index (κ1) is 14.6. The van der Waals surface area contributed by atoms with Crippen LogP contribution in [-0.4, -0.2) is 29.3 Å². The maximum Gasteiger partial charge on any atom is 0.308 e. The summed E-state index contributed by atoms with van der Waals surface area (Å²) in [5.41, 5.74) is 1.02. The molecule has 1 aromatic rings. The van der Waals surface area contributed by atoms with Gasteiger partial charge in [-0.1, -0.05) is 19.9 Å². The zero-order valence-electron chi connectivity index (χ0n) is 11.0. The Morgan fingerprint density at radius 1 is 1.50 bits per heavy atom. The Bertz CT molecular complexity index is 353. The fourth-order valence-electron chi connectivity index (χ4n) is 1.93. The SMILES string of the molecule is CCC(CC(C)C(=O)OCCO)c1ccccn1. The molecular formula is C14H21NO3. The van der Waals surface area contributed by atoms with Gasteiger partial charge >= 0.3 is 5.97 Å². The zero-order valence-corrected chi connectivity index (χ0v) is 11.0. The van der Waals surface area contributed by atoms with Crippen LogP contribution in [0.15, 0.2) is 24.4 Å². The second kappa shape index (κ2) is 7.82. The predicted octanol–water partition coefficient (Wildman–Crippen LogP) is 2.14. The molecule has 0 aliphatic rings. The standard InChI is InChI=1S/C14H21NO3/c1-3-12(13-6-4-5-7-15-13)10-11(2)14(17)18-9-8-16/h4-7,11-12,16H,3,8-10H2,1-2H3. The highest BCUT2D eigenvalue weighted by atomic mass is 16.5. The predicted molar refractivity (Wildman–Crippen MR) is 69.1 cm³/mol. The first-order valence-corrected chi connectivity index (χ1v) is 6.37. The number of hydrogen-bond donors (Lipinski definition) is 1. The molecule has 0 fully saturated rings. The Labute approximate surface area is 108 Å². The number of esters is 1. The molecule has 0 saturated carbocycles. The van der Waals surface area contributed by atoms with Crippen LogP contribution >= 0.6 is 0 Å². The Morgan fingerprint density at radius 3 is 2.83 bits per heavy atom. The molecule has 1 aromatic heterocycles. The molecule has 0 aromatic carbocycles. The van der Waals surface area contributed by atoms with Gasteiger partial charge in [0.2, 0.25) is 0 Å². The summed E-state index contributed by atoms with van der Waals surface area (Å²) in [6.45, 7) is 3.88. The second-order valence-corrected chi connectivity index (χ2v) is 4.39. The molecule has 0 aliphatic carbocycles. The number of carbonyl (C=O) groups excluding carboxylic acids is 1. The third kappa shape index (κ3) is 4.45. The summed E-state index contributed by atoms with van der Waals surface area (Å²) in [5.74, 6) is -0.162. The van der Waals surface area contributed by atoms with E-state index in [-0.39, 0.29) is 31.0 Å². The zero-order chi connectivity index (χ0) is 13.4. The van der Waals surface area contributed by atoms with Gasteiger partial charge in [0.25, 0.3) is 0 Å². The van der Waals surface area contributed by atoms with Crippen LogP contribution in [0, 0.1) is 5.92 Å². The number of pyridine rings is 1. The van der Waals surface area contributed by atoms with Crippen molar-refractivity contribution < 1.29 is 14.6 Å². The van der Waals surface area contributed by atoms with Gasteiger partial charge in [0, 0.05) is 17.8 Å². The number of rotatable bonds is 7. The highest BCUT2D eigenvalue weighted by Crippen LogP contribution is 2.25. The highest BCUT2D eigenvalue weighted by molar-refractivity contribution is 5.72. The Balaban J connectivity index is 2.55. The van der Waals surface area contributed by atoms with Gasteiger partial charge in [-0.25, -0.2) is 0 Å². The molecule has 1 heterocycles. The third-order valence-corrected chi connectivity index (χ3v) is 2.97. The molecule has 4 nitrogen and oxygen atoms in total. The average molecular weight is 251 g/mol. The van der Waals surface area contributed by atoms with E-state index in [2.05, 4.69) is 11.9 Å². The van der Waals surface area contributed by atoms with E-state index in [4.69, 9.17) is 9.84 Å². The molecule has 2 unspecified atom stereocenters. The monoisotopic (exact) mass is 251 g/mol. The van der Waals surface area contributed by atoms with Crippen LogP contribution in [0.5, 0.6) is 0 Å². The van der Waals surface area contributed by atoms with Crippen molar-refractivity contribution in [3.63, 3.8) is 0 Å². The maximum absolute atomic E-state index is 11.6. The van der Waals surface area contributed by atoms with Crippen molar-refractivity contribution in [2.75, 3.05) is 13.2 Å². The van der Waals surface area contributed by atoms with Crippen LogP contribution in [-0.2, 0) is 9.53 Å². The normalized spacial score (nSPS) is 13.9. The van der Waals surface area contributed by atoms with Gasteiger partial charge in [0.15, 0.2) is 0 Å². The molecule has 100 valence electrons. The van der Waals surface area contributed by atoms with Crippen molar-refractivity contribution in [1.29, 1.82) is 0 Å². The average Bonchev–Trinajstić information content (AvgIpc) is 2.42. The summed E-state index contributed by atoms with van der Waals surface area (Å²) < 4.78 is 4.92. The van der Waals surface area contributed by atoms with Crippen molar-refractivity contribution in [3.05, 3.63) is 30.1 Å². The lowest BCUT2D eigenvalue weighted by molar-refractivity contribution is -0.149. The Hall–Kier alpha value is -1.42. The van der Waals surface area contributed by atoms with E-state index in [0.717, 1.165) is 18.5 Å². The lowest BCUT2D eigenvalue weighted by Crippen LogP contribution is -2.19. The van der Waals surface area contributed by atoms with Gasteiger partial charge in [0.05, 0.1) is 12.5 Å². The fraction of sp³-hybridized carbons (Fsp3) is 0.571. The highest BCUT2D eigenvalue weighted by Gasteiger charge is 2.20. The summed E-state index contributed by atoms with van der Waals surface area (Å²) >= 11 is 0. The first-order chi connectivity index (χ1) is 8.69. The van der Waals surface area contributed by atoms with E-state index < -0.39 is 0 Å². The lowest BCUT2D eigenvalue weighted by Gasteiger charge is -2.18. The van der Waals surface area contributed by atoms with Crippen molar-refractivity contribution in [1.82, 2.24) is 4.98 Å². The summed E-state index contributed by atoms with van der Waals surface area (Å²) in [7, 11) is 0. The third-order valence-electron chi connectivity index (χ3n) is 2.97. The van der Waals surface area contributed by atoms with Crippen LogP contribution in [0.2, 0.25) is 0 Å². The molecule has 1 N–H and O–H groups in total. The Kier molecular flexibility index (Phi) is 6.36. The van der Waals surface area contributed by atoms with Gasteiger partial charge in [-0.3, -0.25) is 9.78 Å². The molecule has 1 rings (SSSR count). The van der Waals surface area contributed by atoms with Gasteiger partial charge in [-0.2, -0.15) is 0 Å². The number of ether oxygens (including phenoxy) is 1.